The highest BCUT2D eigenvalue weighted by molar-refractivity contribution is 5.77. The highest BCUT2D eigenvalue weighted by Crippen LogP contribution is 2.30. The number of amides is 2. The van der Waals surface area contributed by atoms with Gasteiger partial charge < -0.3 is 20.1 Å². The first-order valence-corrected chi connectivity index (χ1v) is 9.02. The van der Waals surface area contributed by atoms with E-state index in [4.69, 9.17) is 4.74 Å². The summed E-state index contributed by atoms with van der Waals surface area (Å²) in [6.07, 6.45) is -5.08. The maximum atomic E-state index is 14.3. The Morgan fingerprint density at radius 3 is 2.61 bits per heavy atom. The standard InChI is InChI=1S/C19H16F5N3O4/c20-12-2-1-7-25-17(12)16(27-18(29)30-11-4-6-15(28)26-9-11)10-3-5-14(13(21)8-10)31-19(22,23)24/h1-3,5,7-8,11,16H,4,6,9H2,(H,26,28)(H,27,29). The second-order valence-electron chi connectivity index (χ2n) is 6.56. The zero-order chi connectivity index (χ0) is 22.6. The Labute approximate surface area is 172 Å². The number of carbonyl (C=O) groups is 2. The molecule has 1 fully saturated rings. The number of piperidine rings is 1. The molecule has 166 valence electrons. The van der Waals surface area contributed by atoms with E-state index in [0.29, 0.717) is 12.1 Å². The highest BCUT2D eigenvalue weighted by Gasteiger charge is 2.33. The molecule has 3 rings (SSSR count). The molecule has 12 heteroatoms. The number of nitrogens with zero attached hydrogens (tertiary/aromatic N) is 1. The first-order chi connectivity index (χ1) is 14.6. The zero-order valence-electron chi connectivity index (χ0n) is 15.7. The van der Waals surface area contributed by atoms with Gasteiger partial charge in [0.25, 0.3) is 0 Å². The molecule has 1 aromatic carbocycles. The predicted molar refractivity (Wildman–Crippen MR) is 94.8 cm³/mol. The van der Waals surface area contributed by atoms with Crippen LogP contribution in [-0.4, -0.2) is 36.0 Å². The number of pyridine rings is 1. The van der Waals surface area contributed by atoms with Crippen molar-refractivity contribution in [2.45, 2.75) is 31.3 Å². The molecule has 2 heterocycles. The lowest BCUT2D eigenvalue weighted by Crippen LogP contribution is -2.42. The van der Waals surface area contributed by atoms with Crippen LogP contribution in [0.2, 0.25) is 0 Å². The van der Waals surface area contributed by atoms with Crippen molar-refractivity contribution in [1.29, 1.82) is 0 Å². The summed E-state index contributed by atoms with van der Waals surface area (Å²) in [6, 6.07) is 3.37. The fraction of sp³-hybridized carbons (Fsp3) is 0.316. The molecule has 7 nitrogen and oxygen atoms in total. The summed E-state index contributed by atoms with van der Waals surface area (Å²) in [5.41, 5.74) is -0.404. The normalized spacial score (nSPS) is 17.5. The van der Waals surface area contributed by atoms with Crippen molar-refractivity contribution in [2.24, 2.45) is 0 Å². The van der Waals surface area contributed by atoms with Crippen LogP contribution >= 0.6 is 0 Å². The average Bonchev–Trinajstić information content (AvgIpc) is 2.69. The Balaban J connectivity index is 1.84. The number of nitrogens with one attached hydrogen (secondary N) is 2. The number of hydrogen-bond donors (Lipinski definition) is 2. The van der Waals surface area contributed by atoms with E-state index in [1.54, 1.807) is 0 Å². The molecule has 1 aliphatic heterocycles. The fourth-order valence-electron chi connectivity index (χ4n) is 2.94. The minimum absolute atomic E-state index is 0.0903. The van der Waals surface area contributed by atoms with Crippen LogP contribution in [0.1, 0.15) is 30.1 Å². The number of ether oxygens (including phenoxy) is 2. The molecule has 2 atom stereocenters. The van der Waals surface area contributed by atoms with E-state index in [0.717, 1.165) is 12.1 Å². The van der Waals surface area contributed by atoms with Crippen molar-refractivity contribution in [3.8, 4) is 5.75 Å². The Hall–Kier alpha value is -3.44. The smallest absolute Gasteiger partial charge is 0.444 e. The Bertz CT molecular complexity index is 960. The van der Waals surface area contributed by atoms with Gasteiger partial charge in [0, 0.05) is 12.6 Å². The van der Waals surface area contributed by atoms with Gasteiger partial charge in [-0.1, -0.05) is 6.07 Å². The van der Waals surface area contributed by atoms with Gasteiger partial charge in [0.1, 0.15) is 23.7 Å². The van der Waals surface area contributed by atoms with Gasteiger partial charge in [0.05, 0.1) is 6.54 Å². The van der Waals surface area contributed by atoms with Crippen molar-refractivity contribution >= 4 is 12.0 Å². The zero-order valence-corrected chi connectivity index (χ0v) is 15.7. The molecular formula is C19H16F5N3O4. The van der Waals surface area contributed by atoms with Crippen LogP contribution in [-0.2, 0) is 9.53 Å². The van der Waals surface area contributed by atoms with Crippen molar-refractivity contribution in [3.05, 3.63) is 59.4 Å². The molecule has 0 spiro atoms. The number of halogens is 5. The lowest BCUT2D eigenvalue weighted by Gasteiger charge is -2.25. The van der Waals surface area contributed by atoms with Crippen LogP contribution in [0.4, 0.5) is 26.7 Å². The van der Waals surface area contributed by atoms with Gasteiger partial charge in [-0.2, -0.15) is 0 Å². The quantitative estimate of drug-likeness (QED) is 0.690. The molecule has 0 radical (unpaired) electrons. The van der Waals surface area contributed by atoms with Crippen LogP contribution < -0.4 is 15.4 Å². The number of aromatic nitrogens is 1. The van der Waals surface area contributed by atoms with Crippen LogP contribution in [0.3, 0.4) is 0 Å². The van der Waals surface area contributed by atoms with E-state index in [9.17, 15) is 31.5 Å². The molecule has 31 heavy (non-hydrogen) atoms. The van der Waals surface area contributed by atoms with Gasteiger partial charge in [-0.3, -0.25) is 9.78 Å². The van der Waals surface area contributed by atoms with Crippen LogP contribution in [0, 0.1) is 11.6 Å². The van der Waals surface area contributed by atoms with Crippen LogP contribution in [0.15, 0.2) is 36.5 Å². The topological polar surface area (TPSA) is 89.6 Å². The van der Waals surface area contributed by atoms with Crippen molar-refractivity contribution in [2.75, 3.05) is 6.54 Å². The molecular weight excluding hydrogens is 429 g/mol. The van der Waals surface area contributed by atoms with Crippen molar-refractivity contribution < 1.29 is 41.0 Å². The number of alkyl halides is 3. The molecule has 2 aromatic rings. The summed E-state index contributed by atoms with van der Waals surface area (Å²) in [4.78, 5) is 27.4. The van der Waals surface area contributed by atoms with E-state index < -0.39 is 42.0 Å². The molecule has 0 aliphatic carbocycles. The van der Waals surface area contributed by atoms with Gasteiger partial charge in [-0.25, -0.2) is 13.6 Å². The van der Waals surface area contributed by atoms with Gasteiger partial charge in [-0.15, -0.1) is 13.2 Å². The number of carbonyl (C=O) groups excluding carboxylic acids is 2. The van der Waals surface area contributed by atoms with Gasteiger partial charge in [0.2, 0.25) is 5.91 Å². The van der Waals surface area contributed by atoms with Gasteiger partial charge >= 0.3 is 12.5 Å². The predicted octanol–water partition coefficient (Wildman–Crippen LogP) is 3.35. The molecule has 2 unspecified atom stereocenters. The Morgan fingerprint density at radius 2 is 2.00 bits per heavy atom. The molecule has 2 N–H and O–H groups in total. The second-order valence-corrected chi connectivity index (χ2v) is 6.56. The number of hydrogen-bond acceptors (Lipinski definition) is 5. The minimum Gasteiger partial charge on any atom is -0.444 e. The maximum absolute atomic E-state index is 14.3. The Kier molecular flexibility index (Phi) is 6.56. The number of rotatable bonds is 5. The molecule has 1 aromatic heterocycles. The third kappa shape index (κ3) is 6.03. The minimum atomic E-state index is -5.10. The summed E-state index contributed by atoms with van der Waals surface area (Å²) >= 11 is 0. The lowest BCUT2D eigenvalue weighted by molar-refractivity contribution is -0.275. The summed E-state index contributed by atoms with van der Waals surface area (Å²) in [5.74, 6) is -3.49. The summed E-state index contributed by atoms with van der Waals surface area (Å²) in [5, 5.41) is 4.86. The van der Waals surface area contributed by atoms with Crippen LogP contribution in [0.25, 0.3) is 0 Å². The van der Waals surface area contributed by atoms with E-state index in [1.807, 2.05) is 0 Å². The number of benzene rings is 1. The maximum Gasteiger partial charge on any atom is 0.573 e. The second kappa shape index (κ2) is 9.14. The van der Waals surface area contributed by atoms with E-state index >= 15 is 0 Å². The SMILES string of the molecule is O=C1CCC(OC(=O)NC(c2ccc(OC(F)(F)F)c(F)c2)c2ncccc2F)CN1. The van der Waals surface area contributed by atoms with E-state index in [-0.39, 0.29) is 36.6 Å². The summed E-state index contributed by atoms with van der Waals surface area (Å²) in [6.45, 7) is 0.0903. The molecule has 2 amide bonds. The lowest BCUT2D eigenvalue weighted by atomic mass is 10.0. The van der Waals surface area contributed by atoms with Gasteiger partial charge in [0.15, 0.2) is 11.6 Å². The molecule has 1 saturated heterocycles. The molecule has 0 bridgehead atoms. The largest absolute Gasteiger partial charge is 0.573 e. The third-order valence-electron chi connectivity index (χ3n) is 4.33. The van der Waals surface area contributed by atoms with Crippen molar-refractivity contribution in [3.63, 3.8) is 0 Å². The average molecular weight is 445 g/mol. The van der Waals surface area contributed by atoms with Crippen LogP contribution in [0.5, 0.6) is 5.75 Å². The third-order valence-corrected chi connectivity index (χ3v) is 4.33. The monoisotopic (exact) mass is 445 g/mol. The van der Waals surface area contributed by atoms with Crippen molar-refractivity contribution in [1.82, 2.24) is 15.6 Å². The first-order valence-electron chi connectivity index (χ1n) is 9.02. The van der Waals surface area contributed by atoms with E-state index in [1.165, 1.54) is 12.3 Å². The fourth-order valence-corrected chi connectivity index (χ4v) is 2.94. The number of alkyl carbamates (subject to hydrolysis) is 1. The summed E-state index contributed by atoms with van der Waals surface area (Å²) in [7, 11) is 0. The molecule has 0 saturated carbocycles. The highest BCUT2D eigenvalue weighted by atomic mass is 19.4. The van der Waals surface area contributed by atoms with E-state index in [2.05, 4.69) is 20.4 Å². The molecule has 1 aliphatic rings. The Morgan fingerprint density at radius 1 is 1.23 bits per heavy atom. The summed E-state index contributed by atoms with van der Waals surface area (Å²) < 4.78 is 74.4. The first kappa shape index (κ1) is 22.2. The van der Waals surface area contributed by atoms with Gasteiger partial charge in [-0.05, 0) is 36.2 Å².